The fourth-order valence-electron chi connectivity index (χ4n) is 4.02. The van der Waals surface area contributed by atoms with Gasteiger partial charge in [0.25, 0.3) is 0 Å². The van der Waals surface area contributed by atoms with Crippen LogP contribution in [0.25, 0.3) is 0 Å². The van der Waals surface area contributed by atoms with Crippen molar-refractivity contribution in [3.05, 3.63) is 100 Å². The van der Waals surface area contributed by atoms with Gasteiger partial charge >= 0.3 is 0 Å². The molecule has 34 heavy (non-hydrogen) atoms. The zero-order chi connectivity index (χ0) is 23.9. The first-order valence-electron chi connectivity index (χ1n) is 11.4. The minimum Gasteiger partial charge on any atom is -0.192 e. The first kappa shape index (κ1) is 25.1. The van der Waals surface area contributed by atoms with Gasteiger partial charge in [0.05, 0.1) is 12.7 Å². The molecular formula is C28H26N2S4. The molecule has 0 aromatic heterocycles. The van der Waals surface area contributed by atoms with Crippen molar-refractivity contribution in [2.24, 2.45) is 0 Å². The van der Waals surface area contributed by atoms with Gasteiger partial charge in [-0.25, -0.2) is 0 Å². The standard InChI is InChI=1S/C28H26N2S4/c1-3-31-27-28(32-4-2)34-26(33-27)24-15-21-9-5-19(6-10-21)13-23(25(17-29)18-30)14-20-7-11-22(16-24)12-8-20/h5-12H,3-4,13-16H2,1-2H3. The topological polar surface area (TPSA) is 47.6 Å². The van der Waals surface area contributed by atoms with Crippen molar-refractivity contribution < 1.29 is 0 Å². The van der Waals surface area contributed by atoms with Crippen LogP contribution in [0.4, 0.5) is 0 Å². The van der Waals surface area contributed by atoms with Crippen LogP contribution in [0.2, 0.25) is 0 Å². The molecule has 1 aliphatic heterocycles. The summed E-state index contributed by atoms with van der Waals surface area (Å²) < 4.78 is 4.35. The summed E-state index contributed by atoms with van der Waals surface area (Å²) in [6.45, 7) is 4.45. The lowest BCUT2D eigenvalue weighted by Gasteiger charge is -2.15. The molecule has 0 spiro atoms. The normalized spacial score (nSPS) is 15.9. The Morgan fingerprint density at radius 1 is 0.706 bits per heavy atom. The Hall–Kier alpha value is -1.96. The lowest BCUT2D eigenvalue weighted by Crippen LogP contribution is -2.03. The average molecular weight is 519 g/mol. The third-order valence-electron chi connectivity index (χ3n) is 5.67. The lowest BCUT2D eigenvalue weighted by atomic mass is 9.91. The predicted octanol–water partition coefficient (Wildman–Crippen LogP) is 8.24. The van der Waals surface area contributed by atoms with Crippen LogP contribution in [0, 0.1) is 22.7 Å². The number of allylic oxidation sites excluding steroid dienone is 3. The van der Waals surface area contributed by atoms with Gasteiger partial charge in [0.1, 0.15) is 17.7 Å². The molecule has 0 atom stereocenters. The zero-order valence-corrected chi connectivity index (χ0v) is 22.7. The monoisotopic (exact) mass is 518 g/mol. The van der Waals surface area contributed by atoms with Crippen LogP contribution in [0.3, 0.4) is 0 Å². The molecule has 5 aliphatic rings. The molecule has 0 N–H and O–H groups in total. The predicted molar refractivity (Wildman–Crippen MR) is 151 cm³/mol. The Bertz CT molecular complexity index is 1130. The van der Waals surface area contributed by atoms with E-state index in [0.29, 0.717) is 12.8 Å². The molecule has 2 nitrogen and oxygen atoms in total. The van der Waals surface area contributed by atoms with E-state index in [1.54, 1.807) is 0 Å². The fraction of sp³-hybridized carbons (Fsp3) is 0.286. The second kappa shape index (κ2) is 12.1. The van der Waals surface area contributed by atoms with Crippen LogP contribution < -0.4 is 0 Å². The molecule has 0 saturated carbocycles. The summed E-state index contributed by atoms with van der Waals surface area (Å²) in [5, 5.41) is 19.0. The van der Waals surface area contributed by atoms with Gasteiger partial charge in [-0.05, 0) is 70.6 Å². The zero-order valence-electron chi connectivity index (χ0n) is 19.4. The van der Waals surface area contributed by atoms with E-state index in [0.717, 1.165) is 41.0 Å². The van der Waals surface area contributed by atoms with E-state index in [2.05, 4.69) is 74.5 Å². The van der Waals surface area contributed by atoms with Crippen molar-refractivity contribution in [1.82, 2.24) is 0 Å². The van der Waals surface area contributed by atoms with Gasteiger partial charge in [-0.1, -0.05) is 85.9 Å². The van der Waals surface area contributed by atoms with Crippen molar-refractivity contribution in [3.63, 3.8) is 0 Å². The molecule has 0 radical (unpaired) electrons. The van der Waals surface area contributed by atoms with Crippen LogP contribution in [-0.2, 0) is 25.7 Å². The van der Waals surface area contributed by atoms with E-state index in [9.17, 15) is 10.5 Å². The third-order valence-corrected chi connectivity index (χ3v) is 11.1. The highest BCUT2D eigenvalue weighted by Crippen LogP contribution is 2.58. The number of nitrogens with zero attached hydrogens (tertiary/aromatic N) is 2. The van der Waals surface area contributed by atoms with Gasteiger partial charge < -0.3 is 0 Å². The maximum atomic E-state index is 9.48. The second-order valence-electron chi connectivity index (χ2n) is 8.08. The summed E-state index contributed by atoms with van der Waals surface area (Å²) >= 11 is 7.83. The number of rotatable bonds is 4. The highest BCUT2D eigenvalue weighted by Gasteiger charge is 2.24. The van der Waals surface area contributed by atoms with E-state index in [1.165, 1.54) is 29.4 Å². The molecule has 6 heteroatoms. The molecule has 4 bridgehead atoms. The smallest absolute Gasteiger partial charge is 0.129 e. The fourth-order valence-corrected chi connectivity index (χ4v) is 9.73. The van der Waals surface area contributed by atoms with Gasteiger partial charge in [0.2, 0.25) is 0 Å². The number of hydrogen-bond donors (Lipinski definition) is 0. The largest absolute Gasteiger partial charge is 0.192 e. The summed E-state index contributed by atoms with van der Waals surface area (Å²) in [6, 6.07) is 21.7. The molecule has 172 valence electrons. The molecule has 0 unspecified atom stereocenters. The Balaban J connectivity index is 1.73. The van der Waals surface area contributed by atoms with E-state index >= 15 is 0 Å². The van der Waals surface area contributed by atoms with Crippen LogP contribution in [0.5, 0.6) is 0 Å². The summed E-state index contributed by atoms with van der Waals surface area (Å²) in [4.78, 5) is 0. The van der Waals surface area contributed by atoms with E-state index < -0.39 is 0 Å². The van der Waals surface area contributed by atoms with Crippen molar-refractivity contribution in [3.8, 4) is 12.1 Å². The van der Waals surface area contributed by atoms with Crippen LogP contribution in [0.15, 0.2) is 78.0 Å². The maximum absolute atomic E-state index is 9.48. The summed E-state index contributed by atoms with van der Waals surface area (Å²) in [5.74, 6) is 2.19. The Labute approximate surface area is 220 Å². The van der Waals surface area contributed by atoms with E-state index in [-0.39, 0.29) is 5.57 Å². The summed E-state index contributed by atoms with van der Waals surface area (Å²) in [5.41, 5.74) is 7.47. The highest BCUT2D eigenvalue weighted by atomic mass is 32.3. The van der Waals surface area contributed by atoms with Gasteiger partial charge in [-0.15, -0.1) is 23.5 Å². The number of thioether (sulfide) groups is 4. The third kappa shape index (κ3) is 6.18. The molecule has 0 saturated heterocycles. The summed E-state index contributed by atoms with van der Waals surface area (Å²) in [6.07, 6.45) is 3.10. The Morgan fingerprint density at radius 3 is 1.44 bits per heavy atom. The molecule has 0 amide bonds. The van der Waals surface area contributed by atoms with Crippen molar-refractivity contribution >= 4 is 47.0 Å². The van der Waals surface area contributed by atoms with Gasteiger partial charge in [0, 0.05) is 0 Å². The first-order valence-corrected chi connectivity index (χ1v) is 15.0. The molecule has 7 rings (SSSR count). The SMILES string of the molecule is CCSC1=C(SCC)SC(=C2Cc3ccc(cc3)CC(=C(C#N)C#N)Cc3ccc(cc3)C2)S1. The van der Waals surface area contributed by atoms with Crippen molar-refractivity contribution in [2.45, 2.75) is 39.5 Å². The number of benzene rings is 2. The second-order valence-corrected chi connectivity index (χ2v) is 13.4. The maximum Gasteiger partial charge on any atom is 0.129 e. The molecule has 1 heterocycles. The quantitative estimate of drug-likeness (QED) is 0.380. The molecule has 2 aromatic carbocycles. The summed E-state index contributed by atoms with van der Waals surface area (Å²) in [7, 11) is 0. The minimum atomic E-state index is 0.233. The molecule has 2 aromatic rings. The molecule has 4 aliphatic carbocycles. The van der Waals surface area contributed by atoms with E-state index in [1.807, 2.05) is 47.0 Å². The first-order chi connectivity index (χ1) is 16.6. The van der Waals surface area contributed by atoms with Gasteiger partial charge in [-0.2, -0.15) is 10.5 Å². The van der Waals surface area contributed by atoms with Gasteiger partial charge in [0.15, 0.2) is 0 Å². The van der Waals surface area contributed by atoms with Crippen molar-refractivity contribution in [2.75, 3.05) is 11.5 Å². The lowest BCUT2D eigenvalue weighted by molar-refractivity contribution is 0.995. The molecular weight excluding hydrogens is 493 g/mol. The average Bonchev–Trinajstić information content (AvgIpc) is 3.24. The molecule has 0 fully saturated rings. The van der Waals surface area contributed by atoms with E-state index in [4.69, 9.17) is 0 Å². The Morgan fingerprint density at radius 2 is 1.09 bits per heavy atom. The minimum absolute atomic E-state index is 0.233. The highest BCUT2D eigenvalue weighted by molar-refractivity contribution is 8.40. The van der Waals surface area contributed by atoms with Crippen molar-refractivity contribution in [1.29, 1.82) is 10.5 Å². The van der Waals surface area contributed by atoms with Crippen LogP contribution in [-0.4, -0.2) is 11.5 Å². The van der Waals surface area contributed by atoms with Crippen LogP contribution >= 0.6 is 47.0 Å². The Kier molecular flexibility index (Phi) is 8.98. The van der Waals surface area contributed by atoms with Crippen LogP contribution in [0.1, 0.15) is 36.1 Å². The number of nitriles is 2. The number of hydrogen-bond acceptors (Lipinski definition) is 6. The van der Waals surface area contributed by atoms with Gasteiger partial charge in [-0.3, -0.25) is 0 Å².